The molecule has 0 aromatic carbocycles. The van der Waals surface area contributed by atoms with E-state index in [-0.39, 0.29) is 0 Å². The van der Waals surface area contributed by atoms with Crippen molar-refractivity contribution in [3.8, 4) is 0 Å². The first-order valence-electron chi connectivity index (χ1n) is 3.60. The van der Waals surface area contributed by atoms with Crippen molar-refractivity contribution in [1.29, 1.82) is 0 Å². The molecule has 0 fully saturated rings. The van der Waals surface area contributed by atoms with Crippen LogP contribution in [0.5, 0.6) is 0 Å². The fourth-order valence-electron chi connectivity index (χ4n) is 0.824. The Morgan fingerprint density at radius 2 is 1.80 bits per heavy atom. The molecular formula is C10H16. The van der Waals surface area contributed by atoms with Crippen molar-refractivity contribution in [2.45, 2.75) is 27.2 Å². The summed E-state index contributed by atoms with van der Waals surface area (Å²) in [6.45, 7) is 13.8. The average Bonchev–Trinajstić information content (AvgIpc) is 1.81. The SMILES string of the molecule is C=C(C)/C=C(\CC)C(=C)C. The van der Waals surface area contributed by atoms with Crippen molar-refractivity contribution >= 4 is 0 Å². The third kappa shape index (κ3) is 3.29. The van der Waals surface area contributed by atoms with E-state index >= 15 is 0 Å². The molecule has 0 aromatic heterocycles. The maximum absolute atomic E-state index is 3.87. The first-order valence-corrected chi connectivity index (χ1v) is 3.60. The minimum Gasteiger partial charge on any atom is -0.0961 e. The van der Waals surface area contributed by atoms with Gasteiger partial charge in [0.25, 0.3) is 0 Å². The Balaban J connectivity index is 4.34. The van der Waals surface area contributed by atoms with Gasteiger partial charge in [-0.25, -0.2) is 0 Å². The maximum atomic E-state index is 3.87. The van der Waals surface area contributed by atoms with E-state index in [1.165, 1.54) is 5.57 Å². The van der Waals surface area contributed by atoms with Gasteiger partial charge in [-0.05, 0) is 25.8 Å². The highest BCUT2D eigenvalue weighted by Crippen LogP contribution is 2.12. The van der Waals surface area contributed by atoms with E-state index in [0.717, 1.165) is 17.6 Å². The second-order valence-corrected chi connectivity index (χ2v) is 2.65. The molecule has 0 spiro atoms. The molecule has 0 heterocycles. The molecule has 0 aromatic rings. The Labute approximate surface area is 64.0 Å². The van der Waals surface area contributed by atoms with Gasteiger partial charge in [-0.3, -0.25) is 0 Å². The molecule has 56 valence electrons. The predicted molar refractivity (Wildman–Crippen MR) is 48.0 cm³/mol. The van der Waals surface area contributed by atoms with Crippen LogP contribution in [-0.2, 0) is 0 Å². The maximum Gasteiger partial charge on any atom is -0.0305 e. The summed E-state index contributed by atoms with van der Waals surface area (Å²) < 4.78 is 0. The summed E-state index contributed by atoms with van der Waals surface area (Å²) in [6, 6.07) is 0. The second-order valence-electron chi connectivity index (χ2n) is 2.65. The van der Waals surface area contributed by atoms with Gasteiger partial charge in [-0.1, -0.05) is 37.3 Å². The molecule has 0 aliphatic rings. The lowest BCUT2D eigenvalue weighted by Gasteiger charge is -2.01. The predicted octanol–water partition coefficient (Wildman–Crippen LogP) is 3.48. The molecule has 0 atom stereocenters. The Morgan fingerprint density at radius 1 is 1.30 bits per heavy atom. The van der Waals surface area contributed by atoms with E-state index in [1.807, 2.05) is 13.8 Å². The van der Waals surface area contributed by atoms with Crippen molar-refractivity contribution in [3.63, 3.8) is 0 Å². The molecule has 0 unspecified atom stereocenters. The van der Waals surface area contributed by atoms with Crippen molar-refractivity contribution in [1.82, 2.24) is 0 Å². The van der Waals surface area contributed by atoms with Gasteiger partial charge >= 0.3 is 0 Å². The summed E-state index contributed by atoms with van der Waals surface area (Å²) in [5, 5.41) is 0. The third-order valence-corrected chi connectivity index (χ3v) is 1.35. The van der Waals surface area contributed by atoms with E-state index in [0.29, 0.717) is 0 Å². The van der Waals surface area contributed by atoms with Crippen molar-refractivity contribution in [3.05, 3.63) is 36.0 Å². The van der Waals surface area contributed by atoms with Crippen molar-refractivity contribution in [2.75, 3.05) is 0 Å². The fraction of sp³-hybridized carbons (Fsp3) is 0.400. The van der Waals surface area contributed by atoms with E-state index in [4.69, 9.17) is 0 Å². The second kappa shape index (κ2) is 4.10. The molecule has 10 heavy (non-hydrogen) atoms. The van der Waals surface area contributed by atoms with E-state index in [2.05, 4.69) is 26.2 Å². The summed E-state index contributed by atoms with van der Waals surface area (Å²) in [4.78, 5) is 0. The van der Waals surface area contributed by atoms with Gasteiger partial charge < -0.3 is 0 Å². The molecule has 0 radical (unpaired) electrons. The molecule has 0 heteroatoms. The zero-order valence-corrected chi connectivity index (χ0v) is 7.20. The molecule has 0 bridgehead atoms. The Hall–Kier alpha value is -0.780. The van der Waals surface area contributed by atoms with E-state index in [1.54, 1.807) is 0 Å². The summed E-state index contributed by atoms with van der Waals surface area (Å²) in [7, 11) is 0. The number of allylic oxidation sites excluding steroid dienone is 4. The molecule has 0 nitrogen and oxygen atoms in total. The van der Waals surface area contributed by atoms with Gasteiger partial charge in [0.15, 0.2) is 0 Å². The zero-order valence-electron chi connectivity index (χ0n) is 7.20. The van der Waals surface area contributed by atoms with Gasteiger partial charge in [0.1, 0.15) is 0 Å². The van der Waals surface area contributed by atoms with Crippen LogP contribution in [0.25, 0.3) is 0 Å². The monoisotopic (exact) mass is 136 g/mol. The van der Waals surface area contributed by atoms with Crippen LogP contribution in [0, 0.1) is 0 Å². The third-order valence-electron chi connectivity index (χ3n) is 1.35. The summed E-state index contributed by atoms with van der Waals surface area (Å²) in [6.07, 6.45) is 3.13. The minimum atomic E-state index is 1.04. The van der Waals surface area contributed by atoms with Crippen LogP contribution in [0.1, 0.15) is 27.2 Å². The first-order chi connectivity index (χ1) is 4.57. The van der Waals surface area contributed by atoms with Crippen molar-refractivity contribution < 1.29 is 0 Å². The number of hydrogen-bond donors (Lipinski definition) is 0. The molecule has 0 rings (SSSR count). The van der Waals surface area contributed by atoms with Crippen LogP contribution in [0.3, 0.4) is 0 Å². The molecular weight excluding hydrogens is 120 g/mol. The fourth-order valence-corrected chi connectivity index (χ4v) is 0.824. The van der Waals surface area contributed by atoms with Crippen LogP contribution in [0.15, 0.2) is 36.0 Å². The molecule has 0 aliphatic heterocycles. The van der Waals surface area contributed by atoms with Crippen LogP contribution in [0.4, 0.5) is 0 Å². The Bertz CT molecular complexity index is 170. The van der Waals surface area contributed by atoms with Crippen LogP contribution >= 0.6 is 0 Å². The van der Waals surface area contributed by atoms with Gasteiger partial charge in [-0.2, -0.15) is 0 Å². The zero-order chi connectivity index (χ0) is 8.15. The van der Waals surface area contributed by atoms with Crippen LogP contribution in [-0.4, -0.2) is 0 Å². The van der Waals surface area contributed by atoms with Crippen LogP contribution in [0.2, 0.25) is 0 Å². The largest absolute Gasteiger partial charge is 0.0961 e. The van der Waals surface area contributed by atoms with Crippen LogP contribution < -0.4 is 0 Å². The summed E-state index contributed by atoms with van der Waals surface area (Å²) in [5.41, 5.74) is 3.54. The molecule has 0 amide bonds. The lowest BCUT2D eigenvalue weighted by Crippen LogP contribution is -1.81. The molecule has 0 N–H and O–H groups in total. The lowest BCUT2D eigenvalue weighted by molar-refractivity contribution is 1.10. The molecule has 0 aliphatic carbocycles. The normalized spacial score (nSPS) is 11.3. The lowest BCUT2D eigenvalue weighted by atomic mass is 10.0. The Kier molecular flexibility index (Phi) is 3.78. The first kappa shape index (κ1) is 9.22. The Morgan fingerprint density at radius 3 is 1.90 bits per heavy atom. The number of hydrogen-bond acceptors (Lipinski definition) is 0. The highest BCUT2D eigenvalue weighted by atomic mass is 14.0. The highest BCUT2D eigenvalue weighted by Gasteiger charge is 1.92. The topological polar surface area (TPSA) is 0 Å². The van der Waals surface area contributed by atoms with Gasteiger partial charge in [-0.15, -0.1) is 0 Å². The summed E-state index contributed by atoms with van der Waals surface area (Å²) in [5.74, 6) is 0. The van der Waals surface area contributed by atoms with E-state index in [9.17, 15) is 0 Å². The highest BCUT2D eigenvalue weighted by molar-refractivity contribution is 5.32. The molecule has 0 saturated carbocycles. The molecule has 0 saturated heterocycles. The van der Waals surface area contributed by atoms with Gasteiger partial charge in [0.2, 0.25) is 0 Å². The summed E-state index contributed by atoms with van der Waals surface area (Å²) >= 11 is 0. The van der Waals surface area contributed by atoms with Gasteiger partial charge in [0, 0.05) is 0 Å². The van der Waals surface area contributed by atoms with Crippen molar-refractivity contribution in [2.24, 2.45) is 0 Å². The van der Waals surface area contributed by atoms with Gasteiger partial charge in [0.05, 0.1) is 0 Å². The standard InChI is InChI=1S/C10H16/c1-6-10(9(4)5)7-8(2)3/h7H,2,4,6H2,1,3,5H3/b10-7+. The smallest absolute Gasteiger partial charge is 0.0305 e. The average molecular weight is 136 g/mol. The number of rotatable bonds is 3. The van der Waals surface area contributed by atoms with E-state index < -0.39 is 0 Å². The minimum absolute atomic E-state index is 1.04. The quantitative estimate of drug-likeness (QED) is 0.521.